The van der Waals surface area contributed by atoms with E-state index in [4.69, 9.17) is 13.9 Å². The van der Waals surface area contributed by atoms with Gasteiger partial charge in [-0.3, -0.25) is 4.79 Å². The molecule has 4 rings (SSSR count). The van der Waals surface area contributed by atoms with Gasteiger partial charge in [-0.15, -0.1) is 0 Å². The second kappa shape index (κ2) is 7.36. The zero-order chi connectivity index (χ0) is 19.7. The van der Waals surface area contributed by atoms with E-state index in [9.17, 15) is 14.7 Å². The smallest absolute Gasteiger partial charge is 0.349 e. The van der Waals surface area contributed by atoms with Crippen molar-refractivity contribution in [3.05, 3.63) is 69.6 Å². The molecule has 1 aliphatic heterocycles. The monoisotopic (exact) mass is 381 g/mol. The highest BCUT2D eigenvalue weighted by atomic mass is 16.5. The molecule has 0 saturated carbocycles. The van der Waals surface area contributed by atoms with Crippen LogP contribution in [-0.2, 0) is 6.42 Å². The average molecular weight is 381 g/mol. The summed E-state index contributed by atoms with van der Waals surface area (Å²) in [7, 11) is 1.47. The highest BCUT2D eigenvalue weighted by Crippen LogP contribution is 2.28. The van der Waals surface area contributed by atoms with Gasteiger partial charge in [-0.2, -0.15) is 0 Å². The van der Waals surface area contributed by atoms with E-state index in [2.05, 4.69) is 5.32 Å². The van der Waals surface area contributed by atoms with Crippen LogP contribution in [0, 0.1) is 0 Å². The Morgan fingerprint density at radius 3 is 2.96 bits per heavy atom. The van der Waals surface area contributed by atoms with Crippen molar-refractivity contribution in [2.24, 2.45) is 0 Å². The minimum atomic E-state index is -0.901. The number of aliphatic hydroxyl groups excluding tert-OH is 1. The van der Waals surface area contributed by atoms with Gasteiger partial charge in [-0.1, -0.05) is 18.2 Å². The highest BCUT2D eigenvalue weighted by Gasteiger charge is 2.19. The fraction of sp³-hybridized carbons (Fsp3) is 0.238. The number of ether oxygens (including phenoxy) is 2. The Bertz CT molecular complexity index is 1100. The SMILES string of the molecule is COc1cccc2cc(C(=O)NCC(O)c3ccc4c(c3)CCO4)c(=O)oc12. The van der Waals surface area contributed by atoms with Gasteiger partial charge in [0, 0.05) is 18.4 Å². The molecule has 2 aromatic carbocycles. The molecular formula is C21H19NO6. The van der Waals surface area contributed by atoms with Crippen molar-refractivity contribution < 1.29 is 23.8 Å². The van der Waals surface area contributed by atoms with Gasteiger partial charge in [0.05, 0.1) is 19.8 Å². The predicted octanol–water partition coefficient (Wildman–Crippen LogP) is 2.20. The molecule has 1 aliphatic rings. The third-order valence-electron chi connectivity index (χ3n) is 4.74. The fourth-order valence-corrected chi connectivity index (χ4v) is 3.25. The average Bonchev–Trinajstić information content (AvgIpc) is 3.18. The fourth-order valence-electron chi connectivity index (χ4n) is 3.25. The van der Waals surface area contributed by atoms with Crippen molar-refractivity contribution >= 4 is 16.9 Å². The summed E-state index contributed by atoms with van der Waals surface area (Å²) in [5.41, 5.74) is 1.10. The molecule has 7 heteroatoms. The molecule has 0 radical (unpaired) electrons. The van der Waals surface area contributed by atoms with Gasteiger partial charge in [-0.25, -0.2) is 4.79 Å². The molecule has 1 aromatic heterocycles. The molecule has 0 spiro atoms. The van der Waals surface area contributed by atoms with Crippen molar-refractivity contribution in [2.45, 2.75) is 12.5 Å². The van der Waals surface area contributed by atoms with Crippen LogP contribution in [0.3, 0.4) is 0 Å². The first-order valence-electron chi connectivity index (χ1n) is 8.89. The number of fused-ring (bicyclic) bond motifs is 2. The molecule has 28 heavy (non-hydrogen) atoms. The van der Waals surface area contributed by atoms with E-state index in [-0.39, 0.29) is 17.7 Å². The van der Waals surface area contributed by atoms with Crippen molar-refractivity contribution in [3.63, 3.8) is 0 Å². The van der Waals surface area contributed by atoms with Gasteiger partial charge in [-0.05, 0) is 35.4 Å². The molecule has 0 bridgehead atoms. The lowest BCUT2D eigenvalue weighted by Crippen LogP contribution is -2.31. The number of aliphatic hydroxyl groups is 1. The lowest BCUT2D eigenvalue weighted by Gasteiger charge is -2.13. The lowest BCUT2D eigenvalue weighted by atomic mass is 10.0. The molecule has 2 N–H and O–H groups in total. The number of benzene rings is 2. The van der Waals surface area contributed by atoms with Gasteiger partial charge < -0.3 is 24.3 Å². The maximum absolute atomic E-state index is 12.5. The molecule has 1 amide bonds. The van der Waals surface area contributed by atoms with Gasteiger partial charge in [0.1, 0.15) is 11.3 Å². The van der Waals surface area contributed by atoms with Crippen molar-refractivity contribution in [3.8, 4) is 11.5 Å². The van der Waals surface area contributed by atoms with Crippen molar-refractivity contribution in [1.82, 2.24) is 5.32 Å². The van der Waals surface area contributed by atoms with Gasteiger partial charge in [0.2, 0.25) is 0 Å². The van der Waals surface area contributed by atoms with E-state index in [0.717, 1.165) is 17.7 Å². The molecule has 0 aliphatic carbocycles. The number of methoxy groups -OCH3 is 1. The van der Waals surface area contributed by atoms with Crippen LogP contribution in [0.2, 0.25) is 0 Å². The first-order chi connectivity index (χ1) is 13.6. The Morgan fingerprint density at radius 2 is 2.14 bits per heavy atom. The Balaban J connectivity index is 1.50. The van der Waals surface area contributed by atoms with Crippen LogP contribution in [0.15, 0.2) is 51.7 Å². The number of hydrogen-bond donors (Lipinski definition) is 2. The minimum Gasteiger partial charge on any atom is -0.493 e. The second-order valence-corrected chi connectivity index (χ2v) is 6.52. The Hall–Kier alpha value is -3.32. The topological polar surface area (TPSA) is 98.0 Å². The van der Waals surface area contributed by atoms with Crippen LogP contribution in [0.25, 0.3) is 11.0 Å². The third-order valence-corrected chi connectivity index (χ3v) is 4.74. The maximum atomic E-state index is 12.5. The number of carbonyl (C=O) groups is 1. The molecular weight excluding hydrogens is 362 g/mol. The molecule has 0 fully saturated rings. The van der Waals surface area contributed by atoms with Gasteiger partial charge in [0.25, 0.3) is 5.91 Å². The van der Waals surface area contributed by atoms with E-state index < -0.39 is 17.6 Å². The largest absolute Gasteiger partial charge is 0.493 e. The van der Waals surface area contributed by atoms with Crippen LogP contribution in [0.1, 0.15) is 27.6 Å². The standard InChI is InChI=1S/C21H19NO6/c1-26-18-4-2-3-14-10-15(21(25)28-19(14)18)20(24)22-11-16(23)12-5-6-17-13(9-12)7-8-27-17/h2-6,9-10,16,23H,7-8,11H2,1H3,(H,22,24). The first kappa shape index (κ1) is 18.1. The zero-order valence-electron chi connectivity index (χ0n) is 15.2. The number of carbonyl (C=O) groups excluding carboxylic acids is 1. The van der Waals surface area contributed by atoms with E-state index in [0.29, 0.717) is 23.3 Å². The van der Waals surface area contributed by atoms with Crippen LogP contribution in [-0.4, -0.2) is 31.3 Å². The van der Waals surface area contributed by atoms with E-state index >= 15 is 0 Å². The highest BCUT2D eigenvalue weighted by molar-refractivity contribution is 5.97. The summed E-state index contributed by atoms with van der Waals surface area (Å²) in [4.78, 5) is 24.7. The quantitative estimate of drug-likeness (QED) is 0.658. The number of rotatable bonds is 5. The summed E-state index contributed by atoms with van der Waals surface area (Å²) in [6.45, 7) is 0.599. The summed E-state index contributed by atoms with van der Waals surface area (Å²) in [5.74, 6) is 0.628. The van der Waals surface area contributed by atoms with Crippen LogP contribution in [0.5, 0.6) is 11.5 Å². The summed E-state index contributed by atoms with van der Waals surface area (Å²) in [5, 5.41) is 13.5. The zero-order valence-corrected chi connectivity index (χ0v) is 15.2. The third kappa shape index (κ3) is 3.32. The maximum Gasteiger partial charge on any atom is 0.349 e. The molecule has 3 aromatic rings. The first-order valence-corrected chi connectivity index (χ1v) is 8.89. The lowest BCUT2D eigenvalue weighted by molar-refractivity contribution is 0.0912. The molecule has 144 valence electrons. The Morgan fingerprint density at radius 1 is 1.29 bits per heavy atom. The minimum absolute atomic E-state index is 0.0337. The molecule has 1 unspecified atom stereocenters. The van der Waals surface area contributed by atoms with Crippen LogP contribution >= 0.6 is 0 Å². The summed E-state index contributed by atoms with van der Waals surface area (Å²) in [6, 6.07) is 12.0. The number of amides is 1. The van der Waals surface area contributed by atoms with E-state index in [1.165, 1.54) is 13.2 Å². The molecule has 2 heterocycles. The number of hydrogen-bond acceptors (Lipinski definition) is 6. The summed E-state index contributed by atoms with van der Waals surface area (Å²) >= 11 is 0. The normalized spacial score (nSPS) is 13.6. The summed E-state index contributed by atoms with van der Waals surface area (Å²) in [6.07, 6.45) is -0.105. The Kier molecular flexibility index (Phi) is 4.75. The second-order valence-electron chi connectivity index (χ2n) is 6.52. The van der Waals surface area contributed by atoms with Crippen molar-refractivity contribution in [2.75, 3.05) is 20.3 Å². The van der Waals surface area contributed by atoms with E-state index in [1.807, 2.05) is 12.1 Å². The number of para-hydroxylation sites is 1. The van der Waals surface area contributed by atoms with E-state index in [1.54, 1.807) is 24.3 Å². The van der Waals surface area contributed by atoms with Crippen molar-refractivity contribution in [1.29, 1.82) is 0 Å². The van der Waals surface area contributed by atoms with Crippen LogP contribution in [0.4, 0.5) is 0 Å². The van der Waals surface area contributed by atoms with Gasteiger partial charge in [0.15, 0.2) is 11.3 Å². The van der Waals surface area contributed by atoms with Gasteiger partial charge >= 0.3 is 5.63 Å². The summed E-state index contributed by atoms with van der Waals surface area (Å²) < 4.78 is 15.9. The predicted molar refractivity (Wildman–Crippen MR) is 102 cm³/mol. The molecule has 0 saturated heterocycles. The Labute approximate surface area is 160 Å². The van der Waals surface area contributed by atoms with Crippen LogP contribution < -0.4 is 20.4 Å². The molecule has 1 atom stereocenters. The number of nitrogens with one attached hydrogen (secondary N) is 1. The molecule has 7 nitrogen and oxygen atoms in total.